The van der Waals surface area contributed by atoms with Crippen LogP contribution >= 0.6 is 0 Å². The average Bonchev–Trinajstić information content (AvgIpc) is 3.34. The first-order chi connectivity index (χ1) is 13.5. The molecule has 2 aliphatic heterocycles. The third-order valence-corrected chi connectivity index (χ3v) is 5.98. The van der Waals surface area contributed by atoms with Crippen molar-refractivity contribution in [1.82, 2.24) is 19.4 Å². The number of hydrogen-bond donors (Lipinski definition) is 0. The van der Waals surface area contributed by atoms with Crippen LogP contribution in [0.5, 0.6) is 0 Å². The molecule has 0 unspecified atom stereocenters. The lowest BCUT2D eigenvalue weighted by molar-refractivity contribution is 0.0854. The number of amides is 1. The molecule has 0 saturated heterocycles. The van der Waals surface area contributed by atoms with E-state index in [9.17, 15) is 4.79 Å². The monoisotopic (exact) mass is 378 g/mol. The number of benzene rings is 1. The molecule has 3 heterocycles. The Hall–Kier alpha value is -2.67. The van der Waals surface area contributed by atoms with Gasteiger partial charge < -0.3 is 9.47 Å². The van der Waals surface area contributed by atoms with Gasteiger partial charge in [-0.05, 0) is 38.9 Å². The van der Waals surface area contributed by atoms with Gasteiger partial charge in [-0.3, -0.25) is 14.6 Å². The van der Waals surface area contributed by atoms with Gasteiger partial charge in [0, 0.05) is 13.6 Å². The maximum Gasteiger partial charge on any atom is 0.280 e. The van der Waals surface area contributed by atoms with Crippen LogP contribution < -0.4 is 4.90 Å². The zero-order valence-electron chi connectivity index (χ0n) is 16.7. The minimum absolute atomic E-state index is 0.0154. The van der Waals surface area contributed by atoms with E-state index in [4.69, 9.17) is 9.98 Å². The molecule has 146 valence electrons. The van der Waals surface area contributed by atoms with Crippen molar-refractivity contribution < 1.29 is 4.79 Å². The molecule has 1 amide bonds. The summed E-state index contributed by atoms with van der Waals surface area (Å²) in [5.74, 6) is 2.47. The summed E-state index contributed by atoms with van der Waals surface area (Å²) in [6.07, 6.45) is 3.38. The number of imidazole rings is 1. The Morgan fingerprint density at radius 2 is 1.96 bits per heavy atom. The molecule has 0 N–H and O–H groups in total. The zero-order valence-corrected chi connectivity index (χ0v) is 16.7. The van der Waals surface area contributed by atoms with Gasteiger partial charge in [0.05, 0.1) is 18.6 Å². The van der Waals surface area contributed by atoms with Crippen molar-refractivity contribution in [3.8, 4) is 0 Å². The smallest absolute Gasteiger partial charge is 0.280 e. The summed E-state index contributed by atoms with van der Waals surface area (Å²) in [7, 11) is 5.90. The predicted octanol–water partition coefficient (Wildman–Crippen LogP) is 2.18. The van der Waals surface area contributed by atoms with Crippen LogP contribution in [0.2, 0.25) is 0 Å². The highest BCUT2D eigenvalue weighted by Crippen LogP contribution is 2.40. The first kappa shape index (κ1) is 17.4. The first-order valence-electron chi connectivity index (χ1n) is 9.97. The molecular formula is C21H26N6O. The molecule has 1 saturated carbocycles. The van der Waals surface area contributed by atoms with Crippen LogP contribution in [-0.4, -0.2) is 64.4 Å². The minimum atomic E-state index is -0.0154. The summed E-state index contributed by atoms with van der Waals surface area (Å²) >= 11 is 0. The van der Waals surface area contributed by atoms with Gasteiger partial charge in [0.25, 0.3) is 5.91 Å². The van der Waals surface area contributed by atoms with Crippen LogP contribution in [0.15, 0.2) is 35.3 Å². The fraction of sp³-hybridized carbons (Fsp3) is 0.476. The minimum Gasteiger partial charge on any atom is -0.317 e. The van der Waals surface area contributed by atoms with Crippen LogP contribution in [0.3, 0.4) is 0 Å². The molecule has 1 aromatic heterocycles. The van der Waals surface area contributed by atoms with E-state index in [1.54, 1.807) is 4.90 Å². The lowest BCUT2D eigenvalue weighted by Gasteiger charge is -2.34. The Morgan fingerprint density at radius 3 is 2.71 bits per heavy atom. The average molecular weight is 378 g/mol. The first-order valence-corrected chi connectivity index (χ1v) is 9.97. The maximum atomic E-state index is 13.3. The molecule has 7 heteroatoms. The van der Waals surface area contributed by atoms with Crippen molar-refractivity contribution in [3.63, 3.8) is 0 Å². The van der Waals surface area contributed by atoms with Crippen molar-refractivity contribution in [2.24, 2.45) is 4.99 Å². The van der Waals surface area contributed by atoms with Crippen LogP contribution in [0.4, 0.5) is 5.82 Å². The van der Waals surface area contributed by atoms with Crippen molar-refractivity contribution >= 4 is 17.7 Å². The highest BCUT2D eigenvalue weighted by molar-refractivity contribution is 6.18. The molecule has 0 spiro atoms. The highest BCUT2D eigenvalue weighted by Gasteiger charge is 2.49. The van der Waals surface area contributed by atoms with E-state index in [1.165, 1.54) is 6.42 Å². The molecule has 5 rings (SSSR count). The Balaban J connectivity index is 1.65. The summed E-state index contributed by atoms with van der Waals surface area (Å²) in [6.45, 7) is 1.32. The van der Waals surface area contributed by atoms with Gasteiger partial charge in [0.1, 0.15) is 5.82 Å². The third-order valence-electron chi connectivity index (χ3n) is 5.98. The molecule has 3 aliphatic rings. The molecule has 28 heavy (non-hydrogen) atoms. The van der Waals surface area contributed by atoms with Crippen LogP contribution in [0.25, 0.3) is 0 Å². The number of carbonyl (C=O) groups is 1. The van der Waals surface area contributed by atoms with Crippen LogP contribution in [-0.2, 0) is 13.1 Å². The topological polar surface area (TPSA) is 57.0 Å². The number of aliphatic imine (C=N–C) groups is 1. The van der Waals surface area contributed by atoms with Crippen LogP contribution in [0.1, 0.15) is 41.1 Å². The SMILES string of the molecule is CN(C)Cc1nc2c(n1Cc1ccccc1)C(=O)N(C)C1=N[C@@H]3CCC[C@@H]3N12. The molecule has 0 radical (unpaired) electrons. The van der Waals surface area contributed by atoms with E-state index in [1.807, 2.05) is 39.3 Å². The Labute approximate surface area is 165 Å². The zero-order chi connectivity index (χ0) is 19.4. The van der Waals surface area contributed by atoms with Gasteiger partial charge in [0.2, 0.25) is 5.96 Å². The second kappa shape index (κ2) is 6.44. The van der Waals surface area contributed by atoms with Gasteiger partial charge >= 0.3 is 0 Å². The van der Waals surface area contributed by atoms with Crippen molar-refractivity contribution in [3.05, 3.63) is 47.4 Å². The quantitative estimate of drug-likeness (QED) is 0.818. The molecule has 2 aromatic rings. The molecular weight excluding hydrogens is 352 g/mol. The van der Waals surface area contributed by atoms with E-state index in [0.717, 1.165) is 36.0 Å². The number of fused-ring (bicyclic) bond motifs is 5. The normalized spacial score (nSPS) is 23.1. The van der Waals surface area contributed by atoms with E-state index in [-0.39, 0.29) is 11.9 Å². The number of anilines is 1. The highest BCUT2D eigenvalue weighted by atomic mass is 16.2. The number of nitrogens with zero attached hydrogens (tertiary/aromatic N) is 6. The second-order valence-electron chi connectivity index (χ2n) is 8.24. The third kappa shape index (κ3) is 2.57. The molecule has 2 atom stereocenters. The Morgan fingerprint density at radius 1 is 1.18 bits per heavy atom. The summed E-state index contributed by atoms with van der Waals surface area (Å²) in [5, 5.41) is 0. The van der Waals surface area contributed by atoms with Gasteiger partial charge in [0.15, 0.2) is 11.5 Å². The largest absolute Gasteiger partial charge is 0.317 e. The molecule has 1 fully saturated rings. The Kier molecular flexibility index (Phi) is 4.01. The van der Waals surface area contributed by atoms with Crippen molar-refractivity contribution in [2.75, 3.05) is 26.0 Å². The number of carbonyl (C=O) groups excluding carboxylic acids is 1. The summed E-state index contributed by atoms with van der Waals surface area (Å²) < 4.78 is 2.10. The molecule has 0 bridgehead atoms. The van der Waals surface area contributed by atoms with E-state index >= 15 is 0 Å². The molecule has 7 nitrogen and oxygen atoms in total. The van der Waals surface area contributed by atoms with Gasteiger partial charge in [-0.25, -0.2) is 9.98 Å². The predicted molar refractivity (Wildman–Crippen MR) is 109 cm³/mol. The standard InChI is InChI=1S/C21H26N6O/c1-24(2)13-17-23-19-18(26(17)12-14-8-5-4-6-9-14)20(28)25(3)21-22-15-10-7-11-16(15)27(19)21/h4-6,8-9,15-16H,7,10-13H2,1-3H3/t15-,16+/m1/s1. The fourth-order valence-electron chi connectivity index (χ4n) is 4.69. The fourth-order valence-corrected chi connectivity index (χ4v) is 4.69. The Bertz CT molecular complexity index is 947. The lowest BCUT2D eigenvalue weighted by atomic mass is 10.1. The maximum absolute atomic E-state index is 13.3. The number of rotatable bonds is 4. The van der Waals surface area contributed by atoms with E-state index < -0.39 is 0 Å². The molecule has 1 aromatic carbocycles. The summed E-state index contributed by atoms with van der Waals surface area (Å²) in [5.41, 5.74) is 1.85. The lowest BCUT2D eigenvalue weighted by Crippen LogP contribution is -2.51. The van der Waals surface area contributed by atoms with E-state index in [2.05, 4.69) is 26.5 Å². The van der Waals surface area contributed by atoms with Gasteiger partial charge in [-0.1, -0.05) is 30.3 Å². The molecule has 1 aliphatic carbocycles. The van der Waals surface area contributed by atoms with E-state index in [0.29, 0.717) is 24.8 Å². The number of guanidine groups is 1. The second-order valence-corrected chi connectivity index (χ2v) is 8.24. The van der Waals surface area contributed by atoms with Crippen LogP contribution in [0, 0.1) is 0 Å². The van der Waals surface area contributed by atoms with Crippen molar-refractivity contribution in [2.45, 2.75) is 44.4 Å². The summed E-state index contributed by atoms with van der Waals surface area (Å²) in [4.78, 5) is 29.2. The van der Waals surface area contributed by atoms with Crippen molar-refractivity contribution in [1.29, 1.82) is 0 Å². The number of hydrogen-bond acceptors (Lipinski definition) is 5. The number of aromatic nitrogens is 2. The van der Waals surface area contributed by atoms with Gasteiger partial charge in [-0.2, -0.15) is 0 Å². The summed E-state index contributed by atoms with van der Waals surface area (Å²) in [6, 6.07) is 10.9. The van der Waals surface area contributed by atoms with Gasteiger partial charge in [-0.15, -0.1) is 0 Å².